The van der Waals surface area contributed by atoms with E-state index in [0.29, 0.717) is 0 Å². The van der Waals surface area contributed by atoms with Crippen molar-refractivity contribution in [2.45, 2.75) is 19.9 Å². The SMILES string of the molecule is CC(C)NC(N)=NCC(=O)Nc1cccc(Br)c1.I. The largest absolute Gasteiger partial charge is 0.370 e. The number of amides is 1. The Kier molecular flexibility index (Phi) is 8.73. The Bertz CT molecular complexity index is 451. The molecule has 0 atom stereocenters. The lowest BCUT2D eigenvalue weighted by molar-refractivity contribution is -0.114. The number of guanidine groups is 1. The number of anilines is 1. The number of hydrogen-bond donors (Lipinski definition) is 3. The molecule has 1 rings (SSSR count). The smallest absolute Gasteiger partial charge is 0.246 e. The molecule has 106 valence electrons. The summed E-state index contributed by atoms with van der Waals surface area (Å²) in [4.78, 5) is 15.5. The molecule has 0 fully saturated rings. The van der Waals surface area contributed by atoms with Gasteiger partial charge >= 0.3 is 0 Å². The monoisotopic (exact) mass is 440 g/mol. The van der Waals surface area contributed by atoms with E-state index in [-0.39, 0.29) is 48.4 Å². The lowest BCUT2D eigenvalue weighted by atomic mass is 10.3. The molecule has 0 radical (unpaired) electrons. The fourth-order valence-electron chi connectivity index (χ4n) is 1.27. The first-order valence-corrected chi connectivity index (χ1v) is 6.38. The third-order valence-electron chi connectivity index (χ3n) is 1.94. The van der Waals surface area contributed by atoms with Crippen LogP contribution in [0.1, 0.15) is 13.8 Å². The van der Waals surface area contributed by atoms with E-state index in [1.807, 2.05) is 38.1 Å². The number of carbonyl (C=O) groups is 1. The van der Waals surface area contributed by atoms with E-state index in [1.54, 1.807) is 0 Å². The van der Waals surface area contributed by atoms with Crippen molar-refractivity contribution in [3.8, 4) is 0 Å². The first-order chi connectivity index (χ1) is 8.47. The standard InChI is InChI=1S/C12H17BrN4O.HI/c1-8(2)16-12(14)15-7-11(18)17-10-5-3-4-9(13)6-10;/h3-6,8H,7H2,1-2H3,(H,17,18)(H3,14,15,16);1H. The van der Waals surface area contributed by atoms with Gasteiger partial charge in [0.05, 0.1) is 0 Å². The number of halogens is 2. The van der Waals surface area contributed by atoms with Gasteiger partial charge in [-0.1, -0.05) is 22.0 Å². The average Bonchev–Trinajstić information content (AvgIpc) is 2.25. The number of rotatable bonds is 4. The number of carbonyl (C=O) groups excluding carboxylic acids is 1. The second kappa shape index (κ2) is 9.13. The molecule has 0 bridgehead atoms. The third-order valence-corrected chi connectivity index (χ3v) is 2.43. The molecule has 0 aliphatic rings. The van der Waals surface area contributed by atoms with Gasteiger partial charge in [-0.25, -0.2) is 4.99 Å². The summed E-state index contributed by atoms with van der Waals surface area (Å²) in [6.45, 7) is 3.89. The Balaban J connectivity index is 0.00000324. The summed E-state index contributed by atoms with van der Waals surface area (Å²) in [6, 6.07) is 7.55. The number of nitrogens with two attached hydrogens (primary N) is 1. The first-order valence-electron chi connectivity index (χ1n) is 5.59. The summed E-state index contributed by atoms with van der Waals surface area (Å²) in [5.74, 6) is 0.0657. The van der Waals surface area contributed by atoms with Gasteiger partial charge in [0.2, 0.25) is 5.91 Å². The molecular weight excluding hydrogens is 423 g/mol. The molecule has 1 aromatic carbocycles. The zero-order valence-electron chi connectivity index (χ0n) is 10.8. The van der Waals surface area contributed by atoms with Crippen LogP contribution in [0.5, 0.6) is 0 Å². The van der Waals surface area contributed by atoms with Gasteiger partial charge in [0.15, 0.2) is 5.96 Å². The highest BCUT2D eigenvalue weighted by Crippen LogP contribution is 2.15. The third kappa shape index (κ3) is 8.04. The molecule has 19 heavy (non-hydrogen) atoms. The van der Waals surface area contributed by atoms with Crippen LogP contribution in [0.4, 0.5) is 5.69 Å². The lowest BCUT2D eigenvalue weighted by Gasteiger charge is -2.08. The van der Waals surface area contributed by atoms with Gasteiger partial charge in [-0.3, -0.25) is 4.79 Å². The van der Waals surface area contributed by atoms with E-state index < -0.39 is 0 Å². The summed E-state index contributed by atoms with van der Waals surface area (Å²) >= 11 is 3.33. The van der Waals surface area contributed by atoms with Crippen molar-refractivity contribution in [2.75, 3.05) is 11.9 Å². The van der Waals surface area contributed by atoms with Crippen LogP contribution >= 0.6 is 39.9 Å². The van der Waals surface area contributed by atoms with E-state index in [9.17, 15) is 4.79 Å². The second-order valence-electron chi connectivity index (χ2n) is 4.06. The second-order valence-corrected chi connectivity index (χ2v) is 4.97. The molecule has 4 N–H and O–H groups in total. The Morgan fingerprint density at radius 3 is 2.74 bits per heavy atom. The van der Waals surface area contributed by atoms with E-state index in [4.69, 9.17) is 5.73 Å². The predicted molar refractivity (Wildman–Crippen MR) is 92.9 cm³/mol. The van der Waals surface area contributed by atoms with Crippen LogP contribution in [0.25, 0.3) is 0 Å². The highest BCUT2D eigenvalue weighted by Gasteiger charge is 2.02. The number of nitrogens with zero attached hydrogens (tertiary/aromatic N) is 1. The molecule has 0 aromatic heterocycles. The lowest BCUT2D eigenvalue weighted by Crippen LogP contribution is -2.37. The van der Waals surface area contributed by atoms with E-state index >= 15 is 0 Å². The van der Waals surface area contributed by atoms with Crippen molar-refractivity contribution in [2.24, 2.45) is 10.7 Å². The number of benzene rings is 1. The van der Waals surface area contributed by atoms with Gasteiger partial charge in [0.25, 0.3) is 0 Å². The molecule has 1 aromatic rings. The minimum Gasteiger partial charge on any atom is -0.370 e. The van der Waals surface area contributed by atoms with Crippen LogP contribution in [-0.4, -0.2) is 24.5 Å². The molecule has 0 heterocycles. The maximum absolute atomic E-state index is 11.6. The van der Waals surface area contributed by atoms with E-state index in [2.05, 4.69) is 31.6 Å². The zero-order valence-corrected chi connectivity index (χ0v) is 14.7. The Morgan fingerprint density at radius 2 is 2.16 bits per heavy atom. The highest BCUT2D eigenvalue weighted by molar-refractivity contribution is 14.0. The topological polar surface area (TPSA) is 79.5 Å². The fraction of sp³-hybridized carbons (Fsp3) is 0.333. The molecule has 1 amide bonds. The summed E-state index contributed by atoms with van der Waals surface area (Å²) in [5, 5.41) is 5.64. The molecule has 0 saturated heterocycles. The Labute approximate surface area is 138 Å². The van der Waals surface area contributed by atoms with Gasteiger partial charge in [0.1, 0.15) is 6.54 Å². The van der Waals surface area contributed by atoms with Crippen molar-refractivity contribution >= 4 is 57.5 Å². The van der Waals surface area contributed by atoms with Crippen LogP contribution in [0.3, 0.4) is 0 Å². The van der Waals surface area contributed by atoms with Crippen molar-refractivity contribution in [3.05, 3.63) is 28.7 Å². The first kappa shape index (κ1) is 18.2. The van der Waals surface area contributed by atoms with Gasteiger partial charge in [-0.2, -0.15) is 0 Å². The molecule has 0 spiro atoms. The van der Waals surface area contributed by atoms with E-state index in [0.717, 1.165) is 10.2 Å². The maximum atomic E-state index is 11.6. The quantitative estimate of drug-likeness (QED) is 0.382. The molecule has 0 unspecified atom stereocenters. The Morgan fingerprint density at radius 1 is 1.47 bits per heavy atom. The fourth-order valence-corrected chi connectivity index (χ4v) is 1.66. The molecule has 0 saturated carbocycles. The number of nitrogens with one attached hydrogen (secondary N) is 2. The van der Waals surface area contributed by atoms with Crippen molar-refractivity contribution in [3.63, 3.8) is 0 Å². The number of aliphatic imine (C=N–C) groups is 1. The minimum absolute atomic E-state index is 0. The highest BCUT2D eigenvalue weighted by atomic mass is 127. The van der Waals surface area contributed by atoms with Crippen LogP contribution in [0, 0.1) is 0 Å². The number of hydrogen-bond acceptors (Lipinski definition) is 2. The van der Waals surface area contributed by atoms with Gasteiger partial charge in [-0.15, -0.1) is 24.0 Å². The van der Waals surface area contributed by atoms with Crippen molar-refractivity contribution < 1.29 is 4.79 Å². The predicted octanol–water partition coefficient (Wildman–Crippen LogP) is 2.32. The Hall–Kier alpha value is -0.830. The van der Waals surface area contributed by atoms with Gasteiger partial charge in [-0.05, 0) is 32.0 Å². The minimum atomic E-state index is -0.207. The summed E-state index contributed by atoms with van der Waals surface area (Å²) in [5.41, 5.74) is 6.31. The molecule has 7 heteroatoms. The molecular formula is C12H18BrIN4O. The summed E-state index contributed by atoms with van der Waals surface area (Å²) < 4.78 is 0.907. The van der Waals surface area contributed by atoms with Crippen LogP contribution in [0.15, 0.2) is 33.7 Å². The zero-order chi connectivity index (χ0) is 13.5. The molecule has 0 aliphatic carbocycles. The van der Waals surface area contributed by atoms with Crippen LogP contribution < -0.4 is 16.4 Å². The van der Waals surface area contributed by atoms with Gasteiger partial charge in [0, 0.05) is 16.2 Å². The average molecular weight is 441 g/mol. The molecule has 5 nitrogen and oxygen atoms in total. The van der Waals surface area contributed by atoms with Crippen LogP contribution in [-0.2, 0) is 4.79 Å². The van der Waals surface area contributed by atoms with Crippen LogP contribution in [0.2, 0.25) is 0 Å². The summed E-state index contributed by atoms with van der Waals surface area (Å²) in [7, 11) is 0. The normalized spacial score (nSPS) is 10.8. The maximum Gasteiger partial charge on any atom is 0.246 e. The van der Waals surface area contributed by atoms with E-state index in [1.165, 1.54) is 0 Å². The summed E-state index contributed by atoms with van der Waals surface area (Å²) in [6.07, 6.45) is 0. The van der Waals surface area contributed by atoms with Crippen molar-refractivity contribution in [1.29, 1.82) is 0 Å². The van der Waals surface area contributed by atoms with Crippen molar-refractivity contribution in [1.82, 2.24) is 5.32 Å². The van der Waals surface area contributed by atoms with Gasteiger partial charge < -0.3 is 16.4 Å². The molecule has 0 aliphatic heterocycles.